The van der Waals surface area contributed by atoms with Gasteiger partial charge in [-0.2, -0.15) is 4.98 Å². The number of nitrogens with zero attached hydrogens (tertiary/aromatic N) is 4. The first-order valence-corrected chi connectivity index (χ1v) is 12.2. The molecule has 0 radical (unpaired) electrons. The van der Waals surface area contributed by atoms with Gasteiger partial charge in [0.2, 0.25) is 5.95 Å². The van der Waals surface area contributed by atoms with Gasteiger partial charge in [0.15, 0.2) is 5.65 Å². The van der Waals surface area contributed by atoms with Crippen LogP contribution in [0.1, 0.15) is 6.42 Å². The molecule has 1 saturated heterocycles. The molecule has 9 nitrogen and oxygen atoms in total. The first kappa shape index (κ1) is 24.9. The molecule has 192 valence electrons. The highest BCUT2D eigenvalue weighted by atomic mass is 35.5. The zero-order chi connectivity index (χ0) is 25.8. The third kappa shape index (κ3) is 5.36. The van der Waals surface area contributed by atoms with E-state index < -0.39 is 11.4 Å². The quantitative estimate of drug-likeness (QED) is 0.336. The van der Waals surface area contributed by atoms with Gasteiger partial charge in [-0.05, 0) is 42.5 Å². The Bertz CT molecular complexity index is 1440. The number of hydrogen-bond acceptors (Lipinski definition) is 8. The van der Waals surface area contributed by atoms with Gasteiger partial charge in [-0.1, -0.05) is 17.7 Å². The first-order chi connectivity index (χ1) is 18.0. The first-order valence-electron chi connectivity index (χ1n) is 11.9. The van der Waals surface area contributed by atoms with E-state index in [4.69, 9.17) is 26.3 Å². The lowest BCUT2D eigenvalue weighted by Gasteiger charge is -2.28. The van der Waals surface area contributed by atoms with Gasteiger partial charge in [0.25, 0.3) is 5.56 Å². The number of fused-ring (bicyclic) bond motifs is 1. The van der Waals surface area contributed by atoms with Gasteiger partial charge >= 0.3 is 0 Å². The molecule has 3 heterocycles. The molecule has 0 aliphatic carbocycles. The smallest absolute Gasteiger partial charge is 0.293 e. The molecule has 0 amide bonds. The summed E-state index contributed by atoms with van der Waals surface area (Å²) in [6.07, 6.45) is 1.82. The predicted octanol–water partition coefficient (Wildman–Crippen LogP) is 3.64. The van der Waals surface area contributed by atoms with Crippen LogP contribution in [-0.2, 0) is 4.74 Å². The van der Waals surface area contributed by atoms with Gasteiger partial charge in [-0.15, -0.1) is 4.73 Å². The topological polar surface area (TPSA) is 102 Å². The Balaban J connectivity index is 1.50. The fourth-order valence-corrected chi connectivity index (χ4v) is 4.38. The highest BCUT2D eigenvalue weighted by molar-refractivity contribution is 6.33. The largest absolute Gasteiger partial charge is 0.409 e. The number of ether oxygens (including phenoxy) is 1. The lowest BCUT2D eigenvalue weighted by Crippen LogP contribution is -2.36. The van der Waals surface area contributed by atoms with E-state index in [9.17, 15) is 9.18 Å². The van der Waals surface area contributed by atoms with E-state index >= 15 is 0 Å². The van der Waals surface area contributed by atoms with Crippen molar-refractivity contribution < 1.29 is 19.1 Å². The van der Waals surface area contributed by atoms with Crippen molar-refractivity contribution in [3.8, 4) is 11.1 Å². The average molecular weight is 526 g/mol. The summed E-state index contributed by atoms with van der Waals surface area (Å²) in [6.45, 7) is 3.03. The molecule has 2 aromatic heterocycles. The molecule has 11 heteroatoms. The molecule has 0 unspecified atom stereocenters. The zero-order valence-electron chi connectivity index (χ0n) is 19.9. The zero-order valence-corrected chi connectivity index (χ0v) is 20.6. The fraction of sp³-hybridized carbons (Fsp3) is 0.269. The summed E-state index contributed by atoms with van der Waals surface area (Å²) in [5.74, 6) is -0.382. The number of hydrogen-bond donors (Lipinski definition) is 2. The Labute approximate surface area is 217 Å². The second-order valence-electron chi connectivity index (χ2n) is 8.41. The highest BCUT2D eigenvalue weighted by Crippen LogP contribution is 2.30. The summed E-state index contributed by atoms with van der Waals surface area (Å²) < 4.78 is 21.1. The Hall–Kier alpha value is -3.73. The van der Waals surface area contributed by atoms with Gasteiger partial charge in [0.1, 0.15) is 12.4 Å². The molecule has 1 fully saturated rings. The molecule has 4 aromatic rings. The molecule has 1 aliphatic heterocycles. The number of aromatic nitrogens is 3. The van der Waals surface area contributed by atoms with Crippen LogP contribution in [0.3, 0.4) is 0 Å². The molecule has 2 N–H and O–H groups in total. The summed E-state index contributed by atoms with van der Waals surface area (Å²) in [4.78, 5) is 30.2. The molecule has 37 heavy (non-hydrogen) atoms. The molecule has 1 aliphatic rings. The second kappa shape index (κ2) is 11.1. The normalized spacial score (nSPS) is 13.6. The van der Waals surface area contributed by atoms with E-state index in [-0.39, 0.29) is 41.0 Å². The van der Waals surface area contributed by atoms with E-state index in [2.05, 4.69) is 20.2 Å². The maximum Gasteiger partial charge on any atom is 0.293 e. The van der Waals surface area contributed by atoms with Crippen LogP contribution >= 0.6 is 11.6 Å². The minimum atomic E-state index is -0.634. The second-order valence-corrected chi connectivity index (χ2v) is 8.82. The third-order valence-corrected chi connectivity index (χ3v) is 6.27. The van der Waals surface area contributed by atoms with Gasteiger partial charge in [0.05, 0.1) is 23.8 Å². The monoisotopic (exact) mass is 525 g/mol. The predicted molar refractivity (Wildman–Crippen MR) is 140 cm³/mol. The lowest BCUT2D eigenvalue weighted by atomic mass is 10.1. The maximum atomic E-state index is 14.7. The number of halogens is 2. The highest BCUT2D eigenvalue weighted by Gasteiger charge is 2.19. The molecule has 0 bridgehead atoms. The van der Waals surface area contributed by atoms with Crippen LogP contribution in [0.5, 0.6) is 0 Å². The van der Waals surface area contributed by atoms with Gasteiger partial charge in [-0.3, -0.25) is 4.79 Å². The van der Waals surface area contributed by atoms with E-state index in [0.717, 1.165) is 29.2 Å². The van der Waals surface area contributed by atoms with E-state index in [0.29, 0.717) is 25.0 Å². The van der Waals surface area contributed by atoms with Crippen LogP contribution in [0.2, 0.25) is 5.02 Å². The number of nitrogens with one attached hydrogen (secondary N) is 1. The van der Waals surface area contributed by atoms with Crippen molar-refractivity contribution in [1.29, 1.82) is 0 Å². The standard InChI is InChI=1S/C26H25ClFN5O4/c27-21-3-1-4-22(28)23(21)20-15-17-16-29-26(31-24(17)33(25(20)35)37-12-2-11-34)30-18-5-7-19(8-6-18)32-9-13-36-14-10-32/h1,3-8,15-16,34H,2,9-14H2,(H,29,30,31). The molecule has 0 saturated carbocycles. The van der Waals surface area contributed by atoms with Crippen LogP contribution in [-0.4, -0.2) is 59.3 Å². The number of morpholine rings is 1. The maximum absolute atomic E-state index is 14.7. The average Bonchev–Trinajstić information content (AvgIpc) is 2.91. The number of rotatable bonds is 8. The number of benzene rings is 2. The fourth-order valence-electron chi connectivity index (χ4n) is 4.11. The van der Waals surface area contributed by atoms with E-state index in [1.807, 2.05) is 24.3 Å². The number of anilines is 3. The molecule has 0 spiro atoms. The minimum Gasteiger partial charge on any atom is -0.409 e. The summed E-state index contributed by atoms with van der Waals surface area (Å²) >= 11 is 6.23. The summed E-state index contributed by atoms with van der Waals surface area (Å²) in [7, 11) is 0. The SMILES string of the molecule is O=c1c(-c2c(F)cccc2Cl)cc2cnc(Nc3ccc(N4CCOCC4)cc3)nc2n1OCCCO. The third-order valence-electron chi connectivity index (χ3n) is 5.96. The molecular formula is C26H25ClFN5O4. The van der Waals surface area contributed by atoms with Gasteiger partial charge in [0, 0.05) is 54.6 Å². The van der Waals surface area contributed by atoms with Crippen LogP contribution in [0.4, 0.5) is 21.7 Å². The van der Waals surface area contributed by atoms with Crippen LogP contribution in [0.25, 0.3) is 22.2 Å². The molecular weight excluding hydrogens is 501 g/mol. The molecule has 0 atom stereocenters. The summed E-state index contributed by atoms with van der Waals surface area (Å²) in [5, 5.41) is 12.9. The summed E-state index contributed by atoms with van der Waals surface area (Å²) in [5.41, 5.74) is 1.42. The van der Waals surface area contributed by atoms with Crippen LogP contribution < -0.4 is 20.6 Å². The lowest BCUT2D eigenvalue weighted by molar-refractivity contribution is 0.0966. The Kier molecular flexibility index (Phi) is 7.50. The Morgan fingerprint density at radius 1 is 1.16 bits per heavy atom. The summed E-state index contributed by atoms with van der Waals surface area (Å²) in [6, 6.07) is 13.6. The molecule has 2 aromatic carbocycles. The van der Waals surface area contributed by atoms with Crippen molar-refractivity contribution in [2.24, 2.45) is 0 Å². The van der Waals surface area contributed by atoms with Crippen LogP contribution in [0.15, 0.2) is 59.5 Å². The number of aliphatic hydroxyl groups excluding tert-OH is 1. The number of aliphatic hydroxyl groups is 1. The van der Waals surface area contributed by atoms with Crippen molar-refractivity contribution in [3.63, 3.8) is 0 Å². The van der Waals surface area contributed by atoms with Crippen molar-refractivity contribution in [3.05, 3.63) is 75.9 Å². The number of pyridine rings is 1. The Morgan fingerprint density at radius 3 is 2.68 bits per heavy atom. The van der Waals surface area contributed by atoms with Crippen molar-refractivity contribution in [2.45, 2.75) is 6.42 Å². The van der Waals surface area contributed by atoms with E-state index in [1.54, 1.807) is 0 Å². The van der Waals surface area contributed by atoms with Gasteiger partial charge in [-0.25, -0.2) is 9.37 Å². The molecule has 5 rings (SSSR count). The minimum absolute atomic E-state index is 0.0163. The van der Waals surface area contributed by atoms with Crippen molar-refractivity contribution in [1.82, 2.24) is 14.7 Å². The Morgan fingerprint density at radius 2 is 1.95 bits per heavy atom. The van der Waals surface area contributed by atoms with Crippen molar-refractivity contribution in [2.75, 3.05) is 49.7 Å². The van der Waals surface area contributed by atoms with E-state index in [1.165, 1.54) is 30.5 Å². The van der Waals surface area contributed by atoms with Crippen molar-refractivity contribution >= 4 is 40.0 Å². The van der Waals surface area contributed by atoms with Crippen LogP contribution in [0, 0.1) is 5.82 Å². The van der Waals surface area contributed by atoms with Gasteiger partial charge < -0.3 is 24.9 Å².